The lowest BCUT2D eigenvalue weighted by Gasteiger charge is -2.24. The second-order valence-corrected chi connectivity index (χ2v) is 4.47. The Labute approximate surface area is 126 Å². The molecule has 0 rings (SSSR count). The lowest BCUT2D eigenvalue weighted by atomic mass is 10.0. The molecule has 0 bridgehead atoms. The van der Waals surface area contributed by atoms with Gasteiger partial charge in [-0.05, 0) is 0 Å². The first kappa shape index (κ1) is 23.8. The minimum atomic E-state index is -1.67. The van der Waals surface area contributed by atoms with Gasteiger partial charge in [0.2, 0.25) is 0 Å². The van der Waals surface area contributed by atoms with E-state index in [1.165, 1.54) is 0 Å². The van der Waals surface area contributed by atoms with Crippen LogP contribution >= 0.6 is 0 Å². The van der Waals surface area contributed by atoms with Gasteiger partial charge in [-0.25, -0.2) is 0 Å². The molecule has 22 heavy (non-hydrogen) atoms. The van der Waals surface area contributed by atoms with Crippen molar-refractivity contribution in [2.45, 2.75) is 42.7 Å². The molecule has 0 fully saturated rings. The van der Waals surface area contributed by atoms with Crippen molar-refractivity contribution in [3.05, 3.63) is 0 Å². The molecule has 0 aromatic rings. The van der Waals surface area contributed by atoms with E-state index < -0.39 is 69.2 Å². The molecule has 0 saturated heterocycles. The maximum absolute atomic E-state index is 8.96. The van der Waals surface area contributed by atoms with E-state index in [2.05, 4.69) is 0 Å². The van der Waals surface area contributed by atoms with E-state index in [0.29, 0.717) is 0 Å². The van der Waals surface area contributed by atoms with Crippen LogP contribution in [0.1, 0.15) is 0 Å². The van der Waals surface area contributed by atoms with Crippen LogP contribution in [0.4, 0.5) is 0 Å². The van der Waals surface area contributed by atoms with Crippen LogP contribution in [0.5, 0.6) is 0 Å². The molecule has 0 amide bonds. The van der Waals surface area contributed by atoms with Crippen LogP contribution in [0, 0.1) is 0 Å². The highest BCUT2D eigenvalue weighted by Crippen LogP contribution is 2.04. The molecule has 6 atom stereocenters. The monoisotopic (exact) mass is 334 g/mol. The van der Waals surface area contributed by atoms with Crippen LogP contribution in [0.15, 0.2) is 0 Å². The van der Waals surface area contributed by atoms with E-state index in [0.717, 1.165) is 0 Å². The van der Waals surface area contributed by atoms with E-state index in [9.17, 15) is 0 Å². The van der Waals surface area contributed by atoms with Crippen molar-refractivity contribution in [1.29, 1.82) is 0 Å². The Morgan fingerprint density at radius 1 is 0.364 bits per heavy atom. The summed E-state index contributed by atoms with van der Waals surface area (Å²) in [6.45, 7) is -2.73. The Morgan fingerprint density at radius 3 is 0.727 bits per heavy atom. The quantitative estimate of drug-likeness (QED) is 0.190. The highest BCUT2D eigenvalue weighted by molar-refractivity contribution is 4.79. The van der Waals surface area contributed by atoms with Crippen LogP contribution in [0.3, 0.4) is 0 Å². The first-order chi connectivity index (χ1) is 10.2. The Hall–Kier alpha value is -0.440. The van der Waals surface area contributed by atoms with Crippen molar-refractivity contribution in [1.82, 2.24) is 0 Å². The standard InChI is InChI=1S/C6H14O6.C5H12O5/c7-1-3(9)5(11)6(12)4(10)2-8;6-1-3(8)5(10)4(9)2-7/h3-12H,1-2H2;3-10H,1-2H2/t3-,4-,5-,6-;3-,4-/m10/s1. The molecular formula is C11H26O11. The molecule has 0 radical (unpaired) electrons. The van der Waals surface area contributed by atoms with Gasteiger partial charge in [0.15, 0.2) is 0 Å². The summed E-state index contributed by atoms with van der Waals surface area (Å²) in [5.41, 5.74) is 0. The van der Waals surface area contributed by atoms with E-state index in [4.69, 9.17) is 56.2 Å². The average Bonchev–Trinajstić information content (AvgIpc) is 2.56. The van der Waals surface area contributed by atoms with Gasteiger partial charge in [-0.2, -0.15) is 0 Å². The molecule has 0 aromatic carbocycles. The summed E-state index contributed by atoms with van der Waals surface area (Å²) in [6.07, 6.45) is -10.7. The summed E-state index contributed by atoms with van der Waals surface area (Å²) >= 11 is 0. The summed E-state index contributed by atoms with van der Waals surface area (Å²) in [6, 6.07) is 0. The third-order valence-corrected chi connectivity index (χ3v) is 2.68. The van der Waals surface area contributed by atoms with Gasteiger partial charge in [0.25, 0.3) is 0 Å². The van der Waals surface area contributed by atoms with Gasteiger partial charge in [0.1, 0.15) is 42.7 Å². The number of hydrogen-bond donors (Lipinski definition) is 11. The normalized spacial score (nSPS) is 19.6. The fourth-order valence-corrected chi connectivity index (χ4v) is 1.14. The summed E-state index contributed by atoms with van der Waals surface area (Å²) in [5.74, 6) is 0. The molecule has 0 heterocycles. The molecule has 0 aliphatic carbocycles. The smallest absolute Gasteiger partial charge is 0.111 e. The van der Waals surface area contributed by atoms with Crippen LogP contribution in [0.2, 0.25) is 0 Å². The van der Waals surface area contributed by atoms with Gasteiger partial charge in [-0.15, -0.1) is 0 Å². The maximum atomic E-state index is 8.96. The average molecular weight is 334 g/mol. The summed E-state index contributed by atoms with van der Waals surface area (Å²) in [7, 11) is 0. The molecule has 11 nitrogen and oxygen atoms in total. The first-order valence-electron chi connectivity index (χ1n) is 6.37. The van der Waals surface area contributed by atoms with Crippen LogP contribution in [-0.4, -0.2) is 125 Å². The first-order valence-corrected chi connectivity index (χ1v) is 6.37. The summed E-state index contributed by atoms with van der Waals surface area (Å²) < 4.78 is 0. The maximum Gasteiger partial charge on any atom is 0.111 e. The summed E-state index contributed by atoms with van der Waals surface area (Å²) in [4.78, 5) is 0. The van der Waals surface area contributed by atoms with Crippen molar-refractivity contribution in [3.63, 3.8) is 0 Å². The largest absolute Gasteiger partial charge is 0.394 e. The molecule has 11 N–H and O–H groups in total. The number of rotatable bonds is 9. The van der Waals surface area contributed by atoms with Gasteiger partial charge in [0.05, 0.1) is 26.4 Å². The molecule has 0 aliphatic heterocycles. The Kier molecular flexibility index (Phi) is 14.1. The second kappa shape index (κ2) is 13.0. The lowest BCUT2D eigenvalue weighted by molar-refractivity contribution is -0.123. The zero-order valence-corrected chi connectivity index (χ0v) is 11.8. The summed E-state index contributed by atoms with van der Waals surface area (Å²) in [5, 5.41) is 94.8. The third kappa shape index (κ3) is 8.87. The van der Waals surface area contributed by atoms with Gasteiger partial charge < -0.3 is 56.2 Å². The molecular weight excluding hydrogens is 308 g/mol. The third-order valence-electron chi connectivity index (χ3n) is 2.68. The zero-order chi connectivity index (χ0) is 17.9. The molecule has 136 valence electrons. The Bertz CT molecular complexity index is 230. The molecule has 0 saturated carbocycles. The van der Waals surface area contributed by atoms with Crippen molar-refractivity contribution in [3.8, 4) is 0 Å². The van der Waals surface area contributed by atoms with E-state index >= 15 is 0 Å². The van der Waals surface area contributed by atoms with Crippen LogP contribution in [0.25, 0.3) is 0 Å². The highest BCUT2D eigenvalue weighted by atomic mass is 16.4. The topological polar surface area (TPSA) is 223 Å². The molecule has 0 unspecified atom stereocenters. The van der Waals surface area contributed by atoms with Gasteiger partial charge in [-0.1, -0.05) is 0 Å². The van der Waals surface area contributed by atoms with Gasteiger partial charge in [0, 0.05) is 0 Å². The van der Waals surface area contributed by atoms with E-state index in [1.807, 2.05) is 0 Å². The van der Waals surface area contributed by atoms with Crippen LogP contribution in [-0.2, 0) is 0 Å². The lowest BCUT2D eigenvalue weighted by Crippen LogP contribution is -2.46. The fourth-order valence-electron chi connectivity index (χ4n) is 1.14. The van der Waals surface area contributed by atoms with Gasteiger partial charge >= 0.3 is 0 Å². The minimum Gasteiger partial charge on any atom is -0.394 e. The molecule has 0 spiro atoms. The van der Waals surface area contributed by atoms with Gasteiger partial charge in [-0.3, -0.25) is 0 Å². The van der Waals surface area contributed by atoms with Crippen molar-refractivity contribution in [2.75, 3.05) is 26.4 Å². The second-order valence-electron chi connectivity index (χ2n) is 4.47. The number of aliphatic hydroxyl groups excluding tert-OH is 11. The predicted octanol–water partition coefficient (Wildman–Crippen LogP) is -6.53. The zero-order valence-electron chi connectivity index (χ0n) is 11.8. The van der Waals surface area contributed by atoms with Crippen molar-refractivity contribution < 1.29 is 56.2 Å². The molecule has 0 aliphatic rings. The van der Waals surface area contributed by atoms with Crippen molar-refractivity contribution in [2.24, 2.45) is 0 Å². The number of aliphatic hydroxyl groups is 11. The highest BCUT2D eigenvalue weighted by Gasteiger charge is 2.29. The predicted molar refractivity (Wildman–Crippen MR) is 70.4 cm³/mol. The SMILES string of the molecule is OC[C@@H](O)[C@@H](O)[C@H](O)[C@H](O)CO.OC[C@H](O)C(O)[C@@H](O)CO. The fraction of sp³-hybridized carbons (Fsp3) is 1.00. The van der Waals surface area contributed by atoms with Crippen molar-refractivity contribution >= 4 is 0 Å². The molecule has 11 heteroatoms. The van der Waals surface area contributed by atoms with Crippen LogP contribution < -0.4 is 0 Å². The molecule has 0 aromatic heterocycles. The Balaban J connectivity index is 0. The minimum absolute atomic E-state index is 0.641. The van der Waals surface area contributed by atoms with E-state index in [1.54, 1.807) is 0 Å². The number of hydrogen-bond acceptors (Lipinski definition) is 11. The van der Waals surface area contributed by atoms with E-state index in [-0.39, 0.29) is 0 Å². The Morgan fingerprint density at radius 2 is 0.545 bits per heavy atom.